The van der Waals surface area contributed by atoms with Crippen LogP contribution in [0.4, 0.5) is 10.4 Å². The Morgan fingerprint density at radius 2 is 2.00 bits per heavy atom. The molecule has 3 aromatic rings. The minimum Gasteiger partial charge on any atom is -0.489 e. The molecule has 0 aliphatic carbocycles. The van der Waals surface area contributed by atoms with E-state index in [1.54, 1.807) is 29.2 Å². The molecule has 180 valence electrons. The van der Waals surface area contributed by atoms with Gasteiger partial charge in [-0.05, 0) is 24.3 Å². The average molecular weight is 510 g/mol. The number of aliphatic hydroxyl groups is 1. The summed E-state index contributed by atoms with van der Waals surface area (Å²) in [5.41, 5.74) is 6.34. The Hall–Kier alpha value is -2.92. The molecule has 1 amide bonds. The Morgan fingerprint density at radius 1 is 1.24 bits per heavy atom. The Morgan fingerprint density at radius 3 is 2.71 bits per heavy atom. The number of amides is 1. The molecule has 0 bridgehead atoms. The van der Waals surface area contributed by atoms with E-state index in [0.717, 1.165) is 6.07 Å². The van der Waals surface area contributed by atoms with Gasteiger partial charge in [-0.15, -0.1) is 0 Å². The van der Waals surface area contributed by atoms with Crippen molar-refractivity contribution in [2.75, 3.05) is 44.3 Å². The Bertz CT molecular complexity index is 1170. The highest BCUT2D eigenvalue weighted by Crippen LogP contribution is 2.33. The highest BCUT2D eigenvalue weighted by atomic mass is 35.5. The third kappa shape index (κ3) is 5.41. The van der Waals surface area contributed by atoms with E-state index in [9.17, 15) is 9.18 Å². The number of rotatable bonds is 7. The summed E-state index contributed by atoms with van der Waals surface area (Å²) in [5, 5.41) is 13.6. The summed E-state index contributed by atoms with van der Waals surface area (Å²) < 4.78 is 25.1. The fourth-order valence-corrected chi connectivity index (χ4v) is 3.85. The van der Waals surface area contributed by atoms with Gasteiger partial charge >= 0.3 is 6.01 Å². The molecule has 1 aliphatic rings. The smallest absolute Gasteiger partial charge is 0.324 e. The van der Waals surface area contributed by atoms with Gasteiger partial charge in [0.15, 0.2) is 11.6 Å². The molecule has 0 spiro atoms. The van der Waals surface area contributed by atoms with E-state index in [1.165, 1.54) is 6.07 Å². The van der Waals surface area contributed by atoms with Gasteiger partial charge in [-0.3, -0.25) is 4.79 Å². The third-order valence-electron chi connectivity index (χ3n) is 5.27. The second kappa shape index (κ2) is 10.6. The van der Waals surface area contributed by atoms with E-state index in [1.807, 2.05) is 4.90 Å². The molecule has 1 atom stereocenters. The largest absolute Gasteiger partial charge is 0.489 e. The Balaban J connectivity index is 1.41. The predicted molar refractivity (Wildman–Crippen MR) is 125 cm³/mol. The molecule has 1 aromatic heterocycles. The number of ether oxygens (including phenoxy) is 1. The molecule has 2 aromatic carbocycles. The number of benzene rings is 2. The quantitative estimate of drug-likeness (QED) is 0.499. The second-order valence-electron chi connectivity index (χ2n) is 7.71. The highest BCUT2D eigenvalue weighted by molar-refractivity contribution is 6.33. The van der Waals surface area contributed by atoms with E-state index in [-0.39, 0.29) is 47.3 Å². The fraction of sp³-hybridized carbons (Fsp3) is 0.318. The van der Waals surface area contributed by atoms with Crippen molar-refractivity contribution < 1.29 is 23.6 Å². The van der Waals surface area contributed by atoms with Crippen LogP contribution >= 0.6 is 23.2 Å². The molecule has 4 rings (SSSR count). The first-order chi connectivity index (χ1) is 16.4. The van der Waals surface area contributed by atoms with Crippen molar-refractivity contribution in [2.45, 2.75) is 6.04 Å². The van der Waals surface area contributed by atoms with Gasteiger partial charge in [0.2, 0.25) is 5.82 Å². The third-order valence-corrected chi connectivity index (χ3v) is 5.82. The van der Waals surface area contributed by atoms with Crippen LogP contribution < -0.4 is 15.4 Å². The summed E-state index contributed by atoms with van der Waals surface area (Å²) in [6, 6.07) is 8.88. The van der Waals surface area contributed by atoms with Crippen LogP contribution in [0.25, 0.3) is 11.4 Å². The maximum atomic E-state index is 14.5. The topological polar surface area (TPSA) is 118 Å². The molecule has 0 radical (unpaired) electrons. The lowest BCUT2D eigenvalue weighted by molar-refractivity contribution is 0.0744. The molecule has 3 N–H and O–H groups in total. The summed E-state index contributed by atoms with van der Waals surface area (Å²) in [5.74, 6) is -0.751. The number of halogens is 3. The van der Waals surface area contributed by atoms with Crippen molar-refractivity contribution in [3.05, 3.63) is 57.8 Å². The summed E-state index contributed by atoms with van der Waals surface area (Å²) in [4.78, 5) is 20.6. The molecule has 1 saturated heterocycles. The molecule has 2 heterocycles. The first-order valence-corrected chi connectivity index (χ1v) is 11.2. The van der Waals surface area contributed by atoms with Gasteiger partial charge < -0.3 is 29.9 Å². The molecular formula is C22H22Cl2FN5O4. The SMILES string of the molecule is N[C@@H](CO)COc1cc(Cl)c(-c2noc(N3CCN(C(=O)c4cccc(Cl)c4)CC3)n2)cc1F. The van der Waals surface area contributed by atoms with Crippen LogP contribution in [-0.2, 0) is 0 Å². The summed E-state index contributed by atoms with van der Waals surface area (Å²) in [6.45, 7) is 1.52. The fourth-order valence-electron chi connectivity index (χ4n) is 3.42. The van der Waals surface area contributed by atoms with Crippen LogP contribution in [0.15, 0.2) is 40.9 Å². The van der Waals surface area contributed by atoms with Crippen molar-refractivity contribution in [1.29, 1.82) is 0 Å². The van der Waals surface area contributed by atoms with Crippen molar-refractivity contribution in [3.63, 3.8) is 0 Å². The molecule has 34 heavy (non-hydrogen) atoms. The number of carbonyl (C=O) groups excluding carboxylic acids is 1. The molecule has 1 aliphatic heterocycles. The number of aromatic nitrogens is 2. The molecule has 9 nitrogen and oxygen atoms in total. The van der Waals surface area contributed by atoms with Gasteiger partial charge in [0.05, 0.1) is 17.7 Å². The van der Waals surface area contributed by atoms with Crippen molar-refractivity contribution in [2.24, 2.45) is 5.73 Å². The number of hydrogen-bond donors (Lipinski definition) is 2. The van der Waals surface area contributed by atoms with E-state index in [4.69, 9.17) is 43.3 Å². The number of anilines is 1. The standard InChI is InChI=1S/C22H22Cl2FN5O4/c23-14-3-1-2-13(8-14)21(32)29-4-6-30(7-5-29)22-27-20(28-34-22)16-9-18(25)19(10-17(16)24)33-12-15(26)11-31/h1-3,8-10,15,31H,4-7,11-12,26H2/t15-/m0/s1. The summed E-state index contributed by atoms with van der Waals surface area (Å²) in [6.07, 6.45) is 0. The molecule has 1 fully saturated rings. The van der Waals surface area contributed by atoms with Gasteiger partial charge in [-0.1, -0.05) is 34.4 Å². The lowest BCUT2D eigenvalue weighted by atomic mass is 10.2. The van der Waals surface area contributed by atoms with Crippen LogP contribution in [0.3, 0.4) is 0 Å². The number of piperazine rings is 1. The van der Waals surface area contributed by atoms with Crippen molar-refractivity contribution in [1.82, 2.24) is 15.0 Å². The predicted octanol–water partition coefficient (Wildman–Crippen LogP) is 2.84. The number of aliphatic hydroxyl groups excluding tert-OH is 1. The summed E-state index contributed by atoms with van der Waals surface area (Å²) in [7, 11) is 0. The number of nitrogens with zero attached hydrogens (tertiary/aromatic N) is 4. The maximum absolute atomic E-state index is 14.5. The summed E-state index contributed by atoms with van der Waals surface area (Å²) >= 11 is 12.3. The zero-order valence-corrected chi connectivity index (χ0v) is 19.5. The minimum absolute atomic E-state index is 0.0682. The first kappa shape index (κ1) is 24.2. The molecule has 0 unspecified atom stereocenters. The normalized spacial score (nSPS) is 14.9. The number of hydrogen-bond acceptors (Lipinski definition) is 8. The van der Waals surface area contributed by atoms with E-state index in [2.05, 4.69) is 10.1 Å². The highest BCUT2D eigenvalue weighted by Gasteiger charge is 2.26. The van der Waals surface area contributed by atoms with Gasteiger partial charge in [-0.25, -0.2) is 4.39 Å². The number of nitrogens with two attached hydrogens (primary N) is 1. The van der Waals surface area contributed by atoms with Gasteiger partial charge in [0, 0.05) is 48.4 Å². The lowest BCUT2D eigenvalue weighted by Gasteiger charge is -2.33. The zero-order valence-electron chi connectivity index (χ0n) is 18.0. The second-order valence-corrected chi connectivity index (χ2v) is 8.55. The number of carbonyl (C=O) groups is 1. The minimum atomic E-state index is -0.677. The van der Waals surface area contributed by atoms with E-state index >= 15 is 0 Å². The Kier molecular flexibility index (Phi) is 7.52. The monoisotopic (exact) mass is 509 g/mol. The van der Waals surface area contributed by atoms with Gasteiger partial charge in [0.25, 0.3) is 5.91 Å². The molecular weight excluding hydrogens is 488 g/mol. The van der Waals surface area contributed by atoms with Crippen LogP contribution in [-0.4, -0.2) is 71.5 Å². The van der Waals surface area contributed by atoms with Gasteiger partial charge in [0.1, 0.15) is 6.61 Å². The molecule has 12 heteroatoms. The van der Waals surface area contributed by atoms with Crippen molar-refractivity contribution >= 4 is 35.1 Å². The maximum Gasteiger partial charge on any atom is 0.324 e. The average Bonchev–Trinajstić information content (AvgIpc) is 3.33. The van der Waals surface area contributed by atoms with E-state index < -0.39 is 11.9 Å². The zero-order chi connectivity index (χ0) is 24.2. The van der Waals surface area contributed by atoms with Crippen molar-refractivity contribution in [3.8, 4) is 17.1 Å². The first-order valence-electron chi connectivity index (χ1n) is 10.5. The Labute approximate surface area is 204 Å². The van der Waals surface area contributed by atoms with E-state index in [0.29, 0.717) is 36.8 Å². The van der Waals surface area contributed by atoms with Crippen LogP contribution in [0.1, 0.15) is 10.4 Å². The van der Waals surface area contributed by atoms with Crippen LogP contribution in [0.2, 0.25) is 10.0 Å². The van der Waals surface area contributed by atoms with Crippen LogP contribution in [0, 0.1) is 5.82 Å². The van der Waals surface area contributed by atoms with Gasteiger partial charge in [-0.2, -0.15) is 4.98 Å². The van der Waals surface area contributed by atoms with Crippen LogP contribution in [0.5, 0.6) is 5.75 Å². The molecule has 0 saturated carbocycles. The lowest BCUT2D eigenvalue weighted by Crippen LogP contribution is -2.48.